The summed E-state index contributed by atoms with van der Waals surface area (Å²) in [4.78, 5) is 10.5. The fraction of sp³-hybridized carbons (Fsp3) is 0.300. The van der Waals surface area contributed by atoms with E-state index in [2.05, 4.69) is 4.74 Å². The highest BCUT2D eigenvalue weighted by atomic mass is 19.3. The van der Waals surface area contributed by atoms with Crippen LogP contribution in [0.5, 0.6) is 0 Å². The summed E-state index contributed by atoms with van der Waals surface area (Å²) in [6.07, 6.45) is -2.58. The standard InChI is InChI=1S/C10H9F3O3/c11-8-3-6(4-16-5-9(12)13)1-2-7(8)10(14)15/h1-3,9H,4-5H2,(H,14,15). The molecule has 0 atom stereocenters. The SMILES string of the molecule is O=C(O)c1ccc(COCC(F)F)cc1F. The van der Waals surface area contributed by atoms with E-state index in [1.807, 2.05) is 0 Å². The van der Waals surface area contributed by atoms with E-state index in [0.717, 1.165) is 12.1 Å². The minimum absolute atomic E-state index is 0.179. The molecule has 1 N–H and O–H groups in total. The summed E-state index contributed by atoms with van der Waals surface area (Å²) in [5.74, 6) is -2.29. The second kappa shape index (κ2) is 5.50. The first-order valence-corrected chi connectivity index (χ1v) is 4.38. The smallest absolute Gasteiger partial charge is 0.338 e. The lowest BCUT2D eigenvalue weighted by Crippen LogP contribution is -2.05. The highest BCUT2D eigenvalue weighted by molar-refractivity contribution is 5.87. The molecule has 0 aliphatic carbocycles. The number of hydrogen-bond acceptors (Lipinski definition) is 2. The van der Waals surface area contributed by atoms with Crippen LogP contribution in [0.4, 0.5) is 13.2 Å². The van der Waals surface area contributed by atoms with E-state index in [4.69, 9.17) is 5.11 Å². The van der Waals surface area contributed by atoms with E-state index in [1.165, 1.54) is 6.07 Å². The average Bonchev–Trinajstić information content (AvgIpc) is 2.16. The largest absolute Gasteiger partial charge is 0.478 e. The quantitative estimate of drug-likeness (QED) is 0.850. The van der Waals surface area contributed by atoms with Crippen molar-refractivity contribution in [2.24, 2.45) is 0 Å². The van der Waals surface area contributed by atoms with Crippen LogP contribution in [0.1, 0.15) is 15.9 Å². The molecule has 16 heavy (non-hydrogen) atoms. The lowest BCUT2D eigenvalue weighted by atomic mass is 10.1. The third kappa shape index (κ3) is 3.54. The lowest BCUT2D eigenvalue weighted by molar-refractivity contribution is 0.00981. The Morgan fingerprint density at radius 1 is 1.44 bits per heavy atom. The molecular weight excluding hydrogens is 225 g/mol. The fourth-order valence-electron chi connectivity index (χ4n) is 1.09. The van der Waals surface area contributed by atoms with Crippen LogP contribution in [-0.4, -0.2) is 24.1 Å². The van der Waals surface area contributed by atoms with E-state index >= 15 is 0 Å². The monoisotopic (exact) mass is 234 g/mol. The first-order valence-electron chi connectivity index (χ1n) is 4.38. The Morgan fingerprint density at radius 2 is 2.12 bits per heavy atom. The Balaban J connectivity index is 2.63. The van der Waals surface area contributed by atoms with Crippen LogP contribution in [0.2, 0.25) is 0 Å². The maximum absolute atomic E-state index is 13.1. The summed E-state index contributed by atoms with van der Waals surface area (Å²) < 4.78 is 41.1. The van der Waals surface area contributed by atoms with Gasteiger partial charge in [0, 0.05) is 0 Å². The number of carboxylic acids is 1. The van der Waals surface area contributed by atoms with Gasteiger partial charge in [0.05, 0.1) is 12.2 Å². The molecule has 0 heterocycles. The minimum Gasteiger partial charge on any atom is -0.478 e. The van der Waals surface area contributed by atoms with Crippen molar-refractivity contribution in [2.75, 3.05) is 6.61 Å². The van der Waals surface area contributed by atoms with Crippen molar-refractivity contribution >= 4 is 5.97 Å². The van der Waals surface area contributed by atoms with Crippen molar-refractivity contribution in [3.63, 3.8) is 0 Å². The zero-order valence-electron chi connectivity index (χ0n) is 8.12. The average molecular weight is 234 g/mol. The number of halogens is 3. The van der Waals surface area contributed by atoms with Crippen LogP contribution >= 0.6 is 0 Å². The Hall–Kier alpha value is -1.56. The van der Waals surface area contributed by atoms with E-state index in [1.54, 1.807) is 0 Å². The van der Waals surface area contributed by atoms with Crippen molar-refractivity contribution < 1.29 is 27.8 Å². The van der Waals surface area contributed by atoms with Gasteiger partial charge in [-0.2, -0.15) is 0 Å². The van der Waals surface area contributed by atoms with Crippen molar-refractivity contribution in [1.29, 1.82) is 0 Å². The van der Waals surface area contributed by atoms with Crippen molar-refractivity contribution in [3.8, 4) is 0 Å². The molecule has 0 fully saturated rings. The lowest BCUT2D eigenvalue weighted by Gasteiger charge is -2.04. The summed E-state index contributed by atoms with van der Waals surface area (Å²) in [6, 6.07) is 3.34. The van der Waals surface area contributed by atoms with Gasteiger partial charge in [-0.05, 0) is 17.7 Å². The second-order valence-corrected chi connectivity index (χ2v) is 3.03. The Labute approximate surface area is 89.5 Å². The molecule has 0 amide bonds. The number of ether oxygens (including phenoxy) is 1. The molecule has 0 unspecified atom stereocenters. The van der Waals surface area contributed by atoms with Crippen LogP contribution in [0.3, 0.4) is 0 Å². The highest BCUT2D eigenvalue weighted by Crippen LogP contribution is 2.11. The molecule has 88 valence electrons. The number of alkyl halides is 2. The van der Waals surface area contributed by atoms with Gasteiger partial charge in [-0.15, -0.1) is 0 Å². The van der Waals surface area contributed by atoms with Gasteiger partial charge >= 0.3 is 5.97 Å². The van der Waals surface area contributed by atoms with Crippen LogP contribution < -0.4 is 0 Å². The number of rotatable bonds is 5. The molecule has 0 saturated carbocycles. The predicted molar refractivity (Wildman–Crippen MR) is 49.0 cm³/mol. The third-order valence-corrected chi connectivity index (χ3v) is 1.78. The van der Waals surface area contributed by atoms with Gasteiger partial charge in [-0.25, -0.2) is 18.0 Å². The third-order valence-electron chi connectivity index (χ3n) is 1.78. The summed E-state index contributed by atoms with van der Waals surface area (Å²) in [6.45, 7) is -0.913. The Bertz CT molecular complexity index is 380. The van der Waals surface area contributed by atoms with E-state index in [0.29, 0.717) is 5.56 Å². The zero-order chi connectivity index (χ0) is 12.1. The molecule has 0 aliphatic heterocycles. The summed E-state index contributed by atoms with van der Waals surface area (Å²) in [5, 5.41) is 8.53. The summed E-state index contributed by atoms with van der Waals surface area (Å²) in [7, 11) is 0. The predicted octanol–water partition coefficient (Wildman–Crippen LogP) is 2.31. The number of carboxylic acid groups (broad SMARTS) is 1. The van der Waals surface area contributed by atoms with E-state index < -0.39 is 30.4 Å². The molecule has 6 heteroatoms. The number of benzene rings is 1. The molecule has 0 saturated heterocycles. The molecule has 0 radical (unpaired) electrons. The Kier molecular flexibility index (Phi) is 4.30. The molecule has 0 spiro atoms. The minimum atomic E-state index is -2.58. The van der Waals surface area contributed by atoms with E-state index in [-0.39, 0.29) is 6.61 Å². The first kappa shape index (κ1) is 12.5. The fourth-order valence-corrected chi connectivity index (χ4v) is 1.09. The van der Waals surface area contributed by atoms with Gasteiger partial charge < -0.3 is 9.84 Å². The summed E-state index contributed by atoms with van der Waals surface area (Å²) >= 11 is 0. The van der Waals surface area contributed by atoms with Crippen LogP contribution in [0.25, 0.3) is 0 Å². The van der Waals surface area contributed by atoms with Gasteiger partial charge in [0.1, 0.15) is 12.4 Å². The van der Waals surface area contributed by atoms with Crippen LogP contribution in [-0.2, 0) is 11.3 Å². The number of hydrogen-bond donors (Lipinski definition) is 1. The molecule has 3 nitrogen and oxygen atoms in total. The van der Waals surface area contributed by atoms with Crippen LogP contribution in [0.15, 0.2) is 18.2 Å². The maximum atomic E-state index is 13.1. The van der Waals surface area contributed by atoms with Crippen molar-refractivity contribution in [1.82, 2.24) is 0 Å². The molecule has 1 aromatic carbocycles. The zero-order valence-corrected chi connectivity index (χ0v) is 8.12. The van der Waals surface area contributed by atoms with Gasteiger partial charge in [0.2, 0.25) is 0 Å². The molecule has 1 aromatic rings. The molecule has 0 aliphatic rings. The van der Waals surface area contributed by atoms with Crippen LogP contribution in [0, 0.1) is 5.82 Å². The topological polar surface area (TPSA) is 46.5 Å². The molecule has 0 aromatic heterocycles. The maximum Gasteiger partial charge on any atom is 0.338 e. The van der Waals surface area contributed by atoms with Crippen molar-refractivity contribution in [3.05, 3.63) is 35.1 Å². The Morgan fingerprint density at radius 3 is 2.62 bits per heavy atom. The number of carbonyl (C=O) groups is 1. The van der Waals surface area contributed by atoms with Gasteiger partial charge in [0.25, 0.3) is 6.43 Å². The molecule has 0 bridgehead atoms. The van der Waals surface area contributed by atoms with E-state index in [9.17, 15) is 18.0 Å². The second-order valence-electron chi connectivity index (χ2n) is 3.03. The molecular formula is C10H9F3O3. The highest BCUT2D eigenvalue weighted by Gasteiger charge is 2.10. The number of aromatic carboxylic acids is 1. The normalized spacial score (nSPS) is 10.8. The van der Waals surface area contributed by atoms with Gasteiger partial charge in [-0.3, -0.25) is 0 Å². The summed E-state index contributed by atoms with van der Waals surface area (Å²) in [5.41, 5.74) is -0.152. The van der Waals surface area contributed by atoms with Gasteiger partial charge in [-0.1, -0.05) is 6.07 Å². The van der Waals surface area contributed by atoms with Gasteiger partial charge in [0.15, 0.2) is 0 Å². The first-order chi connectivity index (χ1) is 7.50. The molecule has 1 rings (SSSR count). The van der Waals surface area contributed by atoms with Crippen molar-refractivity contribution in [2.45, 2.75) is 13.0 Å².